The zero-order valence-electron chi connectivity index (χ0n) is 19.4. The summed E-state index contributed by atoms with van der Waals surface area (Å²) in [6.07, 6.45) is 1.64. The lowest BCUT2D eigenvalue weighted by molar-refractivity contribution is -0.131. The number of hydrogen-bond acceptors (Lipinski definition) is 5. The maximum absolute atomic E-state index is 12.6. The lowest BCUT2D eigenvalue weighted by atomic mass is 10.1. The van der Waals surface area contributed by atoms with Gasteiger partial charge in [-0.25, -0.2) is 0 Å². The highest BCUT2D eigenvalue weighted by atomic mass is 32.2. The van der Waals surface area contributed by atoms with E-state index in [4.69, 9.17) is 0 Å². The van der Waals surface area contributed by atoms with Crippen molar-refractivity contribution in [3.05, 3.63) is 64.5 Å². The smallest absolute Gasteiger partial charge is 0.243 e. The van der Waals surface area contributed by atoms with Gasteiger partial charge in [0.25, 0.3) is 0 Å². The molecule has 0 radical (unpaired) electrons. The van der Waals surface area contributed by atoms with E-state index in [-0.39, 0.29) is 24.1 Å². The molecule has 7 nitrogen and oxygen atoms in total. The molecular weight excluding hydrogens is 422 g/mol. The summed E-state index contributed by atoms with van der Waals surface area (Å²) < 4.78 is 1.86. The van der Waals surface area contributed by atoms with E-state index >= 15 is 0 Å². The molecule has 0 aliphatic heterocycles. The van der Waals surface area contributed by atoms with Crippen LogP contribution in [0.1, 0.15) is 27.8 Å². The minimum atomic E-state index is -0.223. The summed E-state index contributed by atoms with van der Waals surface area (Å²) in [5, 5.41) is 11.7. The number of rotatable bonds is 7. The molecule has 168 valence electrons. The van der Waals surface area contributed by atoms with Crippen molar-refractivity contribution < 1.29 is 9.59 Å². The standard InChI is InChI=1S/C24H29N5O2S/c1-15-9-18(4)23(19(5)10-15)26-21(30)12-28(6)22(31)13-32-24-27-25-14-29(24)20-8-7-16(2)17(3)11-20/h7-11,14H,12-13H2,1-6H3,(H,26,30). The third-order valence-electron chi connectivity index (χ3n) is 5.36. The van der Waals surface area contributed by atoms with Crippen molar-refractivity contribution >= 4 is 29.3 Å². The largest absolute Gasteiger partial charge is 0.336 e. The van der Waals surface area contributed by atoms with E-state index in [1.165, 1.54) is 27.8 Å². The second kappa shape index (κ2) is 9.99. The second-order valence-electron chi connectivity index (χ2n) is 8.11. The molecule has 3 aromatic rings. The van der Waals surface area contributed by atoms with Gasteiger partial charge >= 0.3 is 0 Å². The number of carbonyl (C=O) groups excluding carboxylic acids is 2. The summed E-state index contributed by atoms with van der Waals surface area (Å²) in [5.74, 6) is -0.216. The molecule has 2 amide bonds. The van der Waals surface area contributed by atoms with Crippen LogP contribution in [0.5, 0.6) is 0 Å². The maximum atomic E-state index is 12.6. The first-order chi connectivity index (χ1) is 15.2. The fourth-order valence-corrected chi connectivity index (χ4v) is 4.34. The number of hydrogen-bond donors (Lipinski definition) is 1. The quantitative estimate of drug-likeness (QED) is 0.549. The first-order valence-corrected chi connectivity index (χ1v) is 11.4. The van der Waals surface area contributed by atoms with Crippen LogP contribution in [0.2, 0.25) is 0 Å². The second-order valence-corrected chi connectivity index (χ2v) is 9.05. The van der Waals surface area contributed by atoms with Gasteiger partial charge in [0.1, 0.15) is 6.33 Å². The molecule has 0 spiro atoms. The molecule has 8 heteroatoms. The van der Waals surface area contributed by atoms with Gasteiger partial charge in [-0.3, -0.25) is 14.2 Å². The number of aryl methyl sites for hydroxylation is 5. The number of likely N-dealkylation sites (N-methyl/N-ethyl adjacent to an activating group) is 1. The number of benzene rings is 2. The van der Waals surface area contributed by atoms with Crippen LogP contribution in [0.15, 0.2) is 41.8 Å². The first kappa shape index (κ1) is 23.5. The number of anilines is 1. The van der Waals surface area contributed by atoms with Crippen LogP contribution in [0.4, 0.5) is 5.69 Å². The summed E-state index contributed by atoms with van der Waals surface area (Å²) in [6, 6.07) is 10.2. The van der Waals surface area contributed by atoms with Gasteiger partial charge in [0.2, 0.25) is 11.8 Å². The first-order valence-electron chi connectivity index (χ1n) is 10.4. The van der Waals surface area contributed by atoms with Crippen LogP contribution in [0.3, 0.4) is 0 Å². The average Bonchev–Trinajstić information content (AvgIpc) is 3.19. The Labute approximate surface area is 193 Å². The topological polar surface area (TPSA) is 80.1 Å². The number of thioether (sulfide) groups is 1. The molecule has 0 fully saturated rings. The molecule has 0 aliphatic carbocycles. The van der Waals surface area contributed by atoms with Gasteiger partial charge < -0.3 is 10.2 Å². The molecule has 0 atom stereocenters. The van der Waals surface area contributed by atoms with Crippen LogP contribution in [0.25, 0.3) is 5.69 Å². The zero-order valence-corrected chi connectivity index (χ0v) is 20.2. The van der Waals surface area contributed by atoms with Gasteiger partial charge in [-0.2, -0.15) is 0 Å². The Morgan fingerprint density at radius 1 is 1.00 bits per heavy atom. The van der Waals surface area contributed by atoms with Crippen molar-refractivity contribution in [2.75, 3.05) is 24.7 Å². The van der Waals surface area contributed by atoms with Crippen molar-refractivity contribution in [3.8, 4) is 5.69 Å². The Bertz CT molecular complexity index is 1130. The Morgan fingerprint density at radius 3 is 2.34 bits per heavy atom. The summed E-state index contributed by atoms with van der Waals surface area (Å²) in [7, 11) is 1.63. The molecule has 0 bridgehead atoms. The lowest BCUT2D eigenvalue weighted by Crippen LogP contribution is -2.36. The van der Waals surface area contributed by atoms with Crippen LogP contribution in [-0.2, 0) is 9.59 Å². The highest BCUT2D eigenvalue weighted by Gasteiger charge is 2.17. The van der Waals surface area contributed by atoms with E-state index in [1.54, 1.807) is 13.4 Å². The summed E-state index contributed by atoms with van der Waals surface area (Å²) >= 11 is 1.30. The van der Waals surface area contributed by atoms with Crippen molar-refractivity contribution in [1.82, 2.24) is 19.7 Å². The summed E-state index contributed by atoms with van der Waals surface area (Å²) in [6.45, 7) is 10.1. The minimum Gasteiger partial charge on any atom is -0.336 e. The zero-order chi connectivity index (χ0) is 23.4. The maximum Gasteiger partial charge on any atom is 0.243 e. The highest BCUT2D eigenvalue weighted by molar-refractivity contribution is 7.99. The van der Waals surface area contributed by atoms with Crippen molar-refractivity contribution in [1.29, 1.82) is 0 Å². The van der Waals surface area contributed by atoms with E-state index in [1.807, 2.05) is 49.6 Å². The Balaban J connectivity index is 1.58. The monoisotopic (exact) mass is 451 g/mol. The highest BCUT2D eigenvalue weighted by Crippen LogP contribution is 2.23. The number of nitrogens with zero attached hydrogens (tertiary/aromatic N) is 4. The van der Waals surface area contributed by atoms with Gasteiger partial charge in [0.05, 0.1) is 12.3 Å². The average molecular weight is 452 g/mol. The molecule has 0 saturated heterocycles. The third-order valence-corrected chi connectivity index (χ3v) is 6.29. The minimum absolute atomic E-state index is 0.0179. The molecule has 1 heterocycles. The van der Waals surface area contributed by atoms with Crippen LogP contribution in [0, 0.1) is 34.6 Å². The fraction of sp³-hybridized carbons (Fsp3) is 0.333. The Morgan fingerprint density at radius 2 is 1.69 bits per heavy atom. The molecule has 1 N–H and O–H groups in total. The predicted octanol–water partition coefficient (Wildman–Crippen LogP) is 4.00. The summed E-state index contributed by atoms with van der Waals surface area (Å²) in [4.78, 5) is 26.6. The van der Waals surface area contributed by atoms with E-state index in [0.29, 0.717) is 5.16 Å². The van der Waals surface area contributed by atoms with Gasteiger partial charge in [0.15, 0.2) is 5.16 Å². The van der Waals surface area contributed by atoms with E-state index in [0.717, 1.165) is 28.1 Å². The molecular formula is C24H29N5O2S. The lowest BCUT2D eigenvalue weighted by Gasteiger charge is -2.18. The molecule has 0 saturated carbocycles. The van der Waals surface area contributed by atoms with Gasteiger partial charge in [-0.15, -0.1) is 10.2 Å². The number of aromatic nitrogens is 3. The molecule has 3 rings (SSSR count). The van der Waals surface area contributed by atoms with Crippen LogP contribution >= 0.6 is 11.8 Å². The van der Waals surface area contributed by atoms with E-state index < -0.39 is 0 Å². The predicted molar refractivity (Wildman–Crippen MR) is 128 cm³/mol. The summed E-state index contributed by atoms with van der Waals surface area (Å²) in [5.41, 5.74) is 7.30. The molecule has 0 unspecified atom stereocenters. The molecule has 1 aromatic heterocycles. The van der Waals surface area contributed by atoms with Crippen molar-refractivity contribution in [2.24, 2.45) is 0 Å². The van der Waals surface area contributed by atoms with Gasteiger partial charge in [-0.1, -0.05) is 35.5 Å². The molecule has 32 heavy (non-hydrogen) atoms. The number of nitrogens with one attached hydrogen (secondary N) is 1. The molecule has 0 aliphatic rings. The Kier molecular flexibility index (Phi) is 7.35. The van der Waals surface area contributed by atoms with Crippen LogP contribution in [-0.4, -0.2) is 50.8 Å². The van der Waals surface area contributed by atoms with E-state index in [2.05, 4.69) is 35.4 Å². The number of amides is 2. The molecule has 2 aromatic carbocycles. The van der Waals surface area contributed by atoms with Gasteiger partial charge in [-0.05, 0) is 69.0 Å². The number of carbonyl (C=O) groups is 2. The fourth-order valence-electron chi connectivity index (χ4n) is 3.47. The van der Waals surface area contributed by atoms with Crippen LogP contribution < -0.4 is 5.32 Å². The van der Waals surface area contributed by atoms with E-state index in [9.17, 15) is 9.59 Å². The third kappa shape index (κ3) is 5.56. The van der Waals surface area contributed by atoms with Crippen molar-refractivity contribution in [2.45, 2.75) is 39.8 Å². The van der Waals surface area contributed by atoms with Crippen molar-refractivity contribution in [3.63, 3.8) is 0 Å². The van der Waals surface area contributed by atoms with Gasteiger partial charge in [0, 0.05) is 18.4 Å². The normalized spacial score (nSPS) is 10.8. The SMILES string of the molecule is Cc1cc(C)c(NC(=O)CN(C)C(=O)CSc2nncn2-c2ccc(C)c(C)c2)c(C)c1. The Hall–Kier alpha value is -3.13.